The van der Waals surface area contributed by atoms with Crippen LogP contribution < -0.4 is 5.73 Å². The second-order valence-corrected chi connectivity index (χ2v) is 3.32. The van der Waals surface area contributed by atoms with Crippen LogP contribution in [0.15, 0.2) is 34.9 Å². The van der Waals surface area contributed by atoms with E-state index >= 15 is 0 Å². The molecule has 1 aromatic carbocycles. The van der Waals surface area contributed by atoms with E-state index in [-0.39, 0.29) is 0 Å². The first-order chi connectivity index (χ1) is 6.33. The molecular formula is C11H13NO. The summed E-state index contributed by atoms with van der Waals surface area (Å²) in [6.45, 7) is 2.76. The topological polar surface area (TPSA) is 39.2 Å². The lowest BCUT2D eigenvalue weighted by molar-refractivity contribution is 0.603. The number of fused-ring (bicyclic) bond motifs is 1. The molecule has 1 aromatic heterocycles. The molecule has 2 aromatic rings. The van der Waals surface area contributed by atoms with E-state index in [2.05, 4.69) is 13.0 Å². The molecule has 1 atom stereocenters. The Bertz CT molecular complexity index is 405. The number of hydrogen-bond acceptors (Lipinski definition) is 2. The van der Waals surface area contributed by atoms with E-state index in [1.165, 1.54) is 10.9 Å². The molecule has 0 aliphatic carbocycles. The fourth-order valence-electron chi connectivity index (χ4n) is 1.51. The molecule has 0 radical (unpaired) electrons. The minimum atomic E-state index is 0.364. The van der Waals surface area contributed by atoms with Gasteiger partial charge in [0.1, 0.15) is 5.58 Å². The average Bonchev–Trinajstić information content (AvgIpc) is 2.60. The first kappa shape index (κ1) is 8.32. The second-order valence-electron chi connectivity index (χ2n) is 3.32. The lowest BCUT2D eigenvalue weighted by Gasteiger charge is -2.04. The van der Waals surface area contributed by atoms with Gasteiger partial charge in [0.05, 0.1) is 6.26 Å². The van der Waals surface area contributed by atoms with Crippen LogP contribution in [0.4, 0.5) is 0 Å². The summed E-state index contributed by atoms with van der Waals surface area (Å²) >= 11 is 0. The molecular weight excluding hydrogens is 162 g/mol. The van der Waals surface area contributed by atoms with Crippen LogP contribution >= 0.6 is 0 Å². The normalized spacial score (nSPS) is 13.4. The summed E-state index contributed by atoms with van der Waals surface area (Å²) < 4.78 is 5.42. The summed E-state index contributed by atoms with van der Waals surface area (Å²) in [4.78, 5) is 0. The average molecular weight is 175 g/mol. The standard InChI is InChI=1S/C11H13NO/c1-8(6-12)10-7-13-11-5-3-2-4-9(10)11/h2-5,7-8H,6,12H2,1H3. The second kappa shape index (κ2) is 3.23. The Balaban J connectivity index is 2.57. The number of hydrogen-bond donors (Lipinski definition) is 1. The van der Waals surface area contributed by atoms with Crippen LogP contribution in [0, 0.1) is 0 Å². The van der Waals surface area contributed by atoms with Gasteiger partial charge in [0.2, 0.25) is 0 Å². The van der Waals surface area contributed by atoms with Crippen molar-refractivity contribution in [1.82, 2.24) is 0 Å². The quantitative estimate of drug-likeness (QED) is 0.761. The zero-order valence-corrected chi connectivity index (χ0v) is 7.66. The van der Waals surface area contributed by atoms with Gasteiger partial charge in [-0.05, 0) is 18.5 Å². The lowest BCUT2D eigenvalue weighted by Crippen LogP contribution is -2.08. The van der Waals surface area contributed by atoms with Crippen molar-refractivity contribution in [2.24, 2.45) is 5.73 Å². The third kappa shape index (κ3) is 1.33. The summed E-state index contributed by atoms with van der Waals surface area (Å²) in [6, 6.07) is 8.04. The first-order valence-corrected chi connectivity index (χ1v) is 4.49. The molecule has 0 spiro atoms. The highest BCUT2D eigenvalue weighted by molar-refractivity contribution is 5.81. The van der Waals surface area contributed by atoms with Gasteiger partial charge in [-0.15, -0.1) is 0 Å². The smallest absolute Gasteiger partial charge is 0.134 e. The monoisotopic (exact) mass is 175 g/mol. The molecule has 2 rings (SSSR count). The van der Waals surface area contributed by atoms with Crippen molar-refractivity contribution >= 4 is 11.0 Å². The van der Waals surface area contributed by atoms with Gasteiger partial charge in [-0.1, -0.05) is 25.1 Å². The molecule has 0 bridgehead atoms. The summed E-state index contributed by atoms with van der Waals surface area (Å²) in [5, 5.41) is 1.18. The molecule has 2 N–H and O–H groups in total. The summed E-state index contributed by atoms with van der Waals surface area (Å²) in [5.41, 5.74) is 7.76. The van der Waals surface area contributed by atoms with Gasteiger partial charge < -0.3 is 10.2 Å². The highest BCUT2D eigenvalue weighted by Gasteiger charge is 2.10. The van der Waals surface area contributed by atoms with Crippen molar-refractivity contribution in [3.05, 3.63) is 36.1 Å². The lowest BCUT2D eigenvalue weighted by atomic mass is 10.0. The molecule has 0 aliphatic rings. The Hall–Kier alpha value is -1.28. The predicted octanol–water partition coefficient (Wildman–Crippen LogP) is 2.50. The molecule has 68 valence electrons. The van der Waals surface area contributed by atoms with Gasteiger partial charge in [-0.25, -0.2) is 0 Å². The first-order valence-electron chi connectivity index (χ1n) is 4.49. The molecule has 1 unspecified atom stereocenters. The SMILES string of the molecule is CC(CN)c1coc2ccccc12. The third-order valence-corrected chi connectivity index (χ3v) is 2.40. The Morgan fingerprint density at radius 2 is 2.15 bits per heavy atom. The van der Waals surface area contributed by atoms with Crippen LogP contribution in [0.3, 0.4) is 0 Å². The third-order valence-electron chi connectivity index (χ3n) is 2.40. The molecule has 0 amide bonds. The van der Waals surface area contributed by atoms with Gasteiger partial charge in [0.15, 0.2) is 0 Å². The zero-order chi connectivity index (χ0) is 9.26. The van der Waals surface area contributed by atoms with E-state index < -0.39 is 0 Å². The fraction of sp³-hybridized carbons (Fsp3) is 0.273. The number of benzene rings is 1. The molecule has 1 heterocycles. The van der Waals surface area contributed by atoms with Crippen molar-refractivity contribution in [2.45, 2.75) is 12.8 Å². The molecule has 0 aliphatic heterocycles. The van der Waals surface area contributed by atoms with E-state index in [1.54, 1.807) is 0 Å². The van der Waals surface area contributed by atoms with Crippen LogP contribution in [0.2, 0.25) is 0 Å². The van der Waals surface area contributed by atoms with Crippen LogP contribution in [-0.2, 0) is 0 Å². The van der Waals surface area contributed by atoms with Crippen molar-refractivity contribution in [3.63, 3.8) is 0 Å². The number of para-hydroxylation sites is 1. The van der Waals surface area contributed by atoms with Crippen LogP contribution in [0.1, 0.15) is 18.4 Å². The minimum absolute atomic E-state index is 0.364. The Morgan fingerprint density at radius 3 is 2.92 bits per heavy atom. The van der Waals surface area contributed by atoms with Crippen molar-refractivity contribution in [1.29, 1.82) is 0 Å². The Labute approximate surface area is 77.3 Å². The highest BCUT2D eigenvalue weighted by atomic mass is 16.3. The summed E-state index contributed by atoms with van der Waals surface area (Å²) in [5.74, 6) is 0.364. The number of nitrogens with two attached hydrogens (primary N) is 1. The fourth-order valence-corrected chi connectivity index (χ4v) is 1.51. The van der Waals surface area contributed by atoms with E-state index in [0.29, 0.717) is 12.5 Å². The van der Waals surface area contributed by atoms with Crippen LogP contribution in [0.5, 0.6) is 0 Å². The van der Waals surface area contributed by atoms with Gasteiger partial charge >= 0.3 is 0 Å². The van der Waals surface area contributed by atoms with Crippen molar-refractivity contribution in [2.75, 3.05) is 6.54 Å². The van der Waals surface area contributed by atoms with Crippen LogP contribution in [-0.4, -0.2) is 6.54 Å². The predicted molar refractivity (Wildman–Crippen MR) is 53.7 cm³/mol. The van der Waals surface area contributed by atoms with Crippen molar-refractivity contribution in [3.8, 4) is 0 Å². The maximum absolute atomic E-state index is 5.61. The summed E-state index contributed by atoms with van der Waals surface area (Å²) in [7, 11) is 0. The van der Waals surface area contributed by atoms with E-state index in [4.69, 9.17) is 10.2 Å². The highest BCUT2D eigenvalue weighted by Crippen LogP contribution is 2.26. The maximum atomic E-state index is 5.61. The Morgan fingerprint density at radius 1 is 1.38 bits per heavy atom. The number of rotatable bonds is 2. The minimum Gasteiger partial charge on any atom is -0.464 e. The largest absolute Gasteiger partial charge is 0.464 e. The van der Waals surface area contributed by atoms with E-state index in [1.807, 2.05) is 24.5 Å². The van der Waals surface area contributed by atoms with Gasteiger partial charge in [-0.3, -0.25) is 0 Å². The van der Waals surface area contributed by atoms with Gasteiger partial charge in [0, 0.05) is 10.9 Å². The summed E-state index contributed by atoms with van der Waals surface area (Å²) in [6.07, 6.45) is 1.81. The van der Waals surface area contributed by atoms with E-state index in [9.17, 15) is 0 Å². The van der Waals surface area contributed by atoms with E-state index in [0.717, 1.165) is 5.58 Å². The van der Waals surface area contributed by atoms with Gasteiger partial charge in [0.25, 0.3) is 0 Å². The molecule has 0 saturated carbocycles. The molecule has 13 heavy (non-hydrogen) atoms. The maximum Gasteiger partial charge on any atom is 0.134 e. The Kier molecular flexibility index (Phi) is 2.07. The van der Waals surface area contributed by atoms with Gasteiger partial charge in [-0.2, -0.15) is 0 Å². The molecule has 0 fully saturated rings. The zero-order valence-electron chi connectivity index (χ0n) is 7.66. The molecule has 2 nitrogen and oxygen atoms in total. The molecule has 2 heteroatoms. The van der Waals surface area contributed by atoms with Crippen LogP contribution in [0.25, 0.3) is 11.0 Å². The molecule has 0 saturated heterocycles. The van der Waals surface area contributed by atoms with Crippen molar-refractivity contribution < 1.29 is 4.42 Å². The number of furan rings is 1.